The second-order valence-electron chi connectivity index (χ2n) is 3.60. The van der Waals surface area contributed by atoms with Gasteiger partial charge in [-0.3, -0.25) is 0 Å². The highest BCUT2D eigenvalue weighted by molar-refractivity contribution is 5.78. The van der Waals surface area contributed by atoms with Gasteiger partial charge in [0.1, 0.15) is 0 Å². The van der Waals surface area contributed by atoms with Crippen LogP contribution < -0.4 is 0 Å². The molecule has 0 unspecified atom stereocenters. The summed E-state index contributed by atoms with van der Waals surface area (Å²) in [5.74, 6) is 0. The van der Waals surface area contributed by atoms with E-state index in [1.165, 1.54) is 0 Å². The van der Waals surface area contributed by atoms with Gasteiger partial charge in [0.2, 0.25) is 0 Å². The number of hydrogen-bond acceptors (Lipinski definition) is 1. The van der Waals surface area contributed by atoms with Crippen LogP contribution >= 0.6 is 0 Å². The van der Waals surface area contributed by atoms with E-state index in [-0.39, 0.29) is 0 Å². The van der Waals surface area contributed by atoms with Crippen molar-refractivity contribution in [3.8, 4) is 0 Å². The molecule has 0 radical (unpaired) electrons. The Labute approximate surface area is 73.7 Å². The first-order valence-electron chi connectivity index (χ1n) is 4.00. The molecule has 0 N–H and O–H groups in total. The lowest BCUT2D eigenvalue weighted by atomic mass is 10.2. The Morgan fingerprint density at radius 2 is 1.67 bits per heavy atom. The van der Waals surface area contributed by atoms with Crippen LogP contribution in [-0.4, -0.2) is 31.9 Å². The second-order valence-corrected chi connectivity index (χ2v) is 3.60. The number of quaternary nitrogens is 1. The number of rotatable bonds is 2. The maximum absolute atomic E-state index is 4.34. The highest BCUT2D eigenvalue weighted by atomic mass is 15.6. The largest absolute Gasteiger partial charge is 0.205 e. The van der Waals surface area contributed by atoms with Crippen LogP contribution in [0.4, 0.5) is 0 Å². The minimum Gasteiger partial charge on any atom is -0.205 e. The Morgan fingerprint density at radius 1 is 1.08 bits per heavy atom. The number of nitrogens with zero attached hydrogens (tertiary/aromatic N) is 2. The van der Waals surface area contributed by atoms with E-state index in [1.807, 2.05) is 57.7 Å². The summed E-state index contributed by atoms with van der Waals surface area (Å²) in [4.78, 5) is 0. The molecule has 0 fully saturated rings. The van der Waals surface area contributed by atoms with Crippen molar-refractivity contribution in [1.82, 2.24) is 0 Å². The third kappa shape index (κ3) is 3.30. The van der Waals surface area contributed by atoms with Crippen LogP contribution in [0.15, 0.2) is 35.4 Å². The fourth-order valence-corrected chi connectivity index (χ4v) is 0.779. The molecule has 1 aromatic carbocycles. The first-order chi connectivity index (χ1) is 5.58. The van der Waals surface area contributed by atoms with Crippen molar-refractivity contribution in [1.29, 1.82) is 0 Å². The zero-order valence-electron chi connectivity index (χ0n) is 7.86. The monoisotopic (exact) mass is 163 g/mol. The van der Waals surface area contributed by atoms with Gasteiger partial charge >= 0.3 is 0 Å². The Morgan fingerprint density at radius 3 is 2.17 bits per heavy atom. The van der Waals surface area contributed by atoms with Crippen LogP contribution in [0.25, 0.3) is 0 Å². The summed E-state index contributed by atoms with van der Waals surface area (Å²) >= 11 is 0. The zero-order valence-corrected chi connectivity index (χ0v) is 7.86. The summed E-state index contributed by atoms with van der Waals surface area (Å²) in [5.41, 5.74) is 1.14. The van der Waals surface area contributed by atoms with E-state index >= 15 is 0 Å². The lowest BCUT2D eigenvalue weighted by Gasteiger charge is -2.14. The summed E-state index contributed by atoms with van der Waals surface area (Å²) in [7, 11) is 6.08. The van der Waals surface area contributed by atoms with Crippen molar-refractivity contribution in [2.45, 2.75) is 0 Å². The van der Waals surface area contributed by atoms with E-state index < -0.39 is 0 Å². The van der Waals surface area contributed by atoms with Gasteiger partial charge in [0, 0.05) is 0 Å². The average molecular weight is 163 g/mol. The summed E-state index contributed by atoms with van der Waals surface area (Å²) in [6, 6.07) is 10.1. The van der Waals surface area contributed by atoms with Gasteiger partial charge in [-0.2, -0.15) is 0 Å². The molecule has 0 saturated carbocycles. The molecule has 2 nitrogen and oxygen atoms in total. The van der Waals surface area contributed by atoms with Crippen LogP contribution in [0.5, 0.6) is 0 Å². The molecule has 64 valence electrons. The Balaban J connectivity index is 2.71. The molecule has 0 aliphatic heterocycles. The van der Waals surface area contributed by atoms with E-state index in [0.29, 0.717) is 4.59 Å². The SMILES string of the molecule is C[N+](C)(C)/N=C\c1ccccc1. The van der Waals surface area contributed by atoms with Crippen molar-refractivity contribution < 1.29 is 4.59 Å². The maximum atomic E-state index is 4.34. The Hall–Kier alpha value is -1.15. The van der Waals surface area contributed by atoms with Gasteiger partial charge in [-0.25, -0.2) is 4.59 Å². The molecule has 0 atom stereocenters. The Kier molecular flexibility index (Phi) is 2.61. The molecule has 0 bridgehead atoms. The standard InChI is InChI=1S/C10H15N2/c1-12(2,3)11-9-10-7-5-4-6-8-10/h4-9H,1-3H3/q+1/b11-9-. The van der Waals surface area contributed by atoms with Crippen molar-refractivity contribution in [2.75, 3.05) is 21.1 Å². The molecule has 0 spiro atoms. The molecular weight excluding hydrogens is 148 g/mol. The highest BCUT2D eigenvalue weighted by Crippen LogP contribution is 1.96. The molecule has 0 saturated heterocycles. The predicted molar refractivity (Wildman–Crippen MR) is 52.1 cm³/mol. The second kappa shape index (κ2) is 3.50. The van der Waals surface area contributed by atoms with Gasteiger partial charge in [-0.15, -0.1) is 0 Å². The third-order valence-electron chi connectivity index (χ3n) is 1.35. The van der Waals surface area contributed by atoms with Crippen LogP contribution in [0.1, 0.15) is 5.56 Å². The first kappa shape index (κ1) is 8.94. The smallest absolute Gasteiger partial charge is 0.0923 e. The lowest BCUT2D eigenvalue weighted by molar-refractivity contribution is -0.876. The van der Waals surface area contributed by atoms with E-state index in [4.69, 9.17) is 0 Å². The first-order valence-corrected chi connectivity index (χ1v) is 4.00. The third-order valence-corrected chi connectivity index (χ3v) is 1.35. The quantitative estimate of drug-likeness (QED) is 0.357. The maximum Gasteiger partial charge on any atom is 0.0923 e. The molecule has 0 aromatic heterocycles. The van der Waals surface area contributed by atoms with Crippen LogP contribution in [0.2, 0.25) is 0 Å². The van der Waals surface area contributed by atoms with Gasteiger partial charge in [0.05, 0.1) is 27.4 Å². The fourth-order valence-electron chi connectivity index (χ4n) is 0.779. The fraction of sp³-hybridized carbons (Fsp3) is 0.300. The van der Waals surface area contributed by atoms with Gasteiger partial charge in [0.25, 0.3) is 0 Å². The summed E-state index contributed by atoms with van der Waals surface area (Å²) in [5, 5.41) is 4.34. The van der Waals surface area contributed by atoms with E-state index in [1.54, 1.807) is 0 Å². The van der Waals surface area contributed by atoms with Crippen molar-refractivity contribution in [3.05, 3.63) is 35.9 Å². The average Bonchev–Trinajstić information content (AvgIpc) is 2.02. The van der Waals surface area contributed by atoms with Crippen LogP contribution in [0, 0.1) is 0 Å². The van der Waals surface area contributed by atoms with Gasteiger partial charge in [-0.05, 0) is 5.56 Å². The van der Waals surface area contributed by atoms with E-state index in [9.17, 15) is 0 Å². The lowest BCUT2D eigenvalue weighted by Crippen LogP contribution is -2.27. The van der Waals surface area contributed by atoms with Crippen molar-refractivity contribution in [2.24, 2.45) is 5.10 Å². The molecule has 2 heteroatoms. The molecule has 0 heterocycles. The number of benzene rings is 1. The van der Waals surface area contributed by atoms with Crippen LogP contribution in [-0.2, 0) is 0 Å². The van der Waals surface area contributed by atoms with Crippen molar-refractivity contribution in [3.63, 3.8) is 0 Å². The van der Waals surface area contributed by atoms with E-state index in [2.05, 4.69) is 5.10 Å². The predicted octanol–water partition coefficient (Wildman–Crippen LogP) is 1.73. The topological polar surface area (TPSA) is 12.4 Å². The summed E-state index contributed by atoms with van der Waals surface area (Å²) < 4.78 is 0.606. The highest BCUT2D eigenvalue weighted by Gasteiger charge is 2.00. The molecule has 1 aromatic rings. The molecule has 0 amide bonds. The molecule has 0 aliphatic carbocycles. The van der Waals surface area contributed by atoms with Gasteiger partial charge < -0.3 is 0 Å². The van der Waals surface area contributed by atoms with E-state index in [0.717, 1.165) is 5.56 Å². The molecule has 0 aliphatic rings. The van der Waals surface area contributed by atoms with Gasteiger partial charge in [-0.1, -0.05) is 35.4 Å². The molecular formula is C10H15N2+. The summed E-state index contributed by atoms with van der Waals surface area (Å²) in [6.45, 7) is 0. The Bertz CT molecular complexity index is 257. The van der Waals surface area contributed by atoms with Crippen molar-refractivity contribution >= 4 is 6.21 Å². The van der Waals surface area contributed by atoms with Gasteiger partial charge in [0.15, 0.2) is 0 Å². The minimum absolute atomic E-state index is 0.606. The normalized spacial score (nSPS) is 12.2. The van der Waals surface area contributed by atoms with Crippen LogP contribution in [0.3, 0.4) is 0 Å². The molecule has 12 heavy (non-hydrogen) atoms. The zero-order chi connectivity index (χ0) is 9.03. The number of hydrogen-bond donors (Lipinski definition) is 0. The molecule has 1 rings (SSSR count). The minimum atomic E-state index is 0.606. The summed E-state index contributed by atoms with van der Waals surface area (Å²) in [6.07, 6.45) is 1.89.